The predicted molar refractivity (Wildman–Crippen MR) is 103 cm³/mol. The summed E-state index contributed by atoms with van der Waals surface area (Å²) in [6, 6.07) is 0.443. The van der Waals surface area contributed by atoms with Crippen molar-refractivity contribution >= 4 is 6.03 Å². The highest BCUT2D eigenvalue weighted by Crippen LogP contribution is 2.29. The van der Waals surface area contributed by atoms with Crippen molar-refractivity contribution in [1.29, 1.82) is 0 Å². The molecule has 3 aliphatic rings. The molecule has 0 spiro atoms. The number of hydrogen-bond acceptors (Lipinski definition) is 4. The van der Waals surface area contributed by atoms with Crippen LogP contribution >= 0.6 is 0 Å². The first-order valence-corrected chi connectivity index (χ1v) is 10.7. The first-order chi connectivity index (χ1) is 13.2. The third kappa shape index (κ3) is 4.28. The van der Waals surface area contributed by atoms with Gasteiger partial charge in [-0.05, 0) is 57.3 Å². The van der Waals surface area contributed by atoms with Gasteiger partial charge in [0.25, 0.3) is 0 Å². The minimum Gasteiger partial charge on any atom is -0.384 e. The summed E-state index contributed by atoms with van der Waals surface area (Å²) in [6.45, 7) is 3.54. The van der Waals surface area contributed by atoms with Gasteiger partial charge in [0.2, 0.25) is 0 Å². The molecule has 2 aliphatic heterocycles. The van der Waals surface area contributed by atoms with E-state index in [1.807, 2.05) is 4.90 Å². The molecule has 4 rings (SSSR count). The van der Waals surface area contributed by atoms with Crippen LogP contribution in [0.25, 0.3) is 0 Å². The van der Waals surface area contributed by atoms with Crippen molar-refractivity contribution in [3.63, 3.8) is 0 Å². The molecule has 2 fully saturated rings. The number of rotatable bonds is 4. The highest BCUT2D eigenvalue weighted by Gasteiger charge is 2.30. The number of aryl methyl sites for hydroxylation is 1. The monoisotopic (exact) mass is 375 g/mol. The molecule has 0 bridgehead atoms. The third-order valence-corrected chi connectivity index (χ3v) is 6.61. The predicted octanol–water partition coefficient (Wildman–Crippen LogP) is 2.71. The van der Waals surface area contributed by atoms with Gasteiger partial charge in [-0.25, -0.2) is 4.79 Å². The summed E-state index contributed by atoms with van der Waals surface area (Å²) < 4.78 is 7.60. The number of piperidine rings is 1. The lowest BCUT2D eigenvalue weighted by Gasteiger charge is -2.34. The Morgan fingerprint density at radius 3 is 2.59 bits per heavy atom. The smallest absolute Gasteiger partial charge is 0.317 e. The van der Waals surface area contributed by atoms with Gasteiger partial charge in [-0.15, -0.1) is 10.2 Å². The largest absolute Gasteiger partial charge is 0.384 e. The molecule has 0 aromatic carbocycles. The SMILES string of the molecule is COCC1CCC(NC(=O)N2CCC(c3nnc4n3CCCC4)CC2)CC1. The Labute approximate surface area is 161 Å². The van der Waals surface area contributed by atoms with E-state index in [-0.39, 0.29) is 6.03 Å². The lowest BCUT2D eigenvalue weighted by molar-refractivity contribution is 0.122. The zero-order valence-electron chi connectivity index (χ0n) is 16.5. The average molecular weight is 376 g/mol. The van der Waals surface area contributed by atoms with Crippen LogP contribution in [0.15, 0.2) is 0 Å². The van der Waals surface area contributed by atoms with E-state index in [0.717, 1.165) is 82.8 Å². The Morgan fingerprint density at radius 1 is 1.07 bits per heavy atom. The molecule has 27 heavy (non-hydrogen) atoms. The van der Waals surface area contributed by atoms with Crippen molar-refractivity contribution in [3.05, 3.63) is 11.6 Å². The molecule has 2 amide bonds. The van der Waals surface area contributed by atoms with Crippen LogP contribution in [0, 0.1) is 5.92 Å². The number of likely N-dealkylation sites (tertiary alicyclic amines) is 1. The van der Waals surface area contributed by atoms with Crippen molar-refractivity contribution in [2.75, 3.05) is 26.8 Å². The molecule has 7 nitrogen and oxygen atoms in total. The number of aromatic nitrogens is 3. The summed E-state index contributed by atoms with van der Waals surface area (Å²) in [7, 11) is 1.77. The van der Waals surface area contributed by atoms with Crippen molar-refractivity contribution in [1.82, 2.24) is 25.0 Å². The van der Waals surface area contributed by atoms with Gasteiger partial charge >= 0.3 is 6.03 Å². The number of nitrogens with one attached hydrogen (secondary N) is 1. The van der Waals surface area contributed by atoms with Crippen LogP contribution < -0.4 is 5.32 Å². The van der Waals surface area contributed by atoms with Crippen LogP contribution in [-0.2, 0) is 17.7 Å². The highest BCUT2D eigenvalue weighted by molar-refractivity contribution is 5.74. The number of carbonyl (C=O) groups excluding carboxylic acids is 1. The molecule has 3 heterocycles. The second-order valence-electron chi connectivity index (χ2n) is 8.47. The van der Waals surface area contributed by atoms with E-state index in [4.69, 9.17) is 4.74 Å². The Hall–Kier alpha value is -1.63. The summed E-state index contributed by atoms with van der Waals surface area (Å²) in [5, 5.41) is 12.1. The molecule has 1 saturated carbocycles. The molecule has 0 unspecified atom stereocenters. The summed E-state index contributed by atoms with van der Waals surface area (Å²) in [6.07, 6.45) is 9.94. The van der Waals surface area contributed by atoms with Crippen molar-refractivity contribution in [2.45, 2.75) is 76.3 Å². The standard InChI is InChI=1S/C20H33N5O2/c1-27-14-15-5-7-17(8-6-15)21-20(26)24-12-9-16(10-13-24)19-23-22-18-4-2-3-11-25(18)19/h15-17H,2-14H2,1H3,(H,21,26). The maximum Gasteiger partial charge on any atom is 0.317 e. The van der Waals surface area contributed by atoms with Crippen LogP contribution in [0.1, 0.15) is 68.9 Å². The molecule has 0 atom stereocenters. The maximum atomic E-state index is 12.7. The van der Waals surface area contributed by atoms with E-state index in [1.54, 1.807) is 7.11 Å². The number of urea groups is 1. The first kappa shape index (κ1) is 18.7. The molecule has 1 N–H and O–H groups in total. The molecule has 1 saturated heterocycles. The van der Waals surface area contributed by atoms with E-state index >= 15 is 0 Å². The van der Waals surface area contributed by atoms with Crippen molar-refractivity contribution in [2.24, 2.45) is 5.92 Å². The lowest BCUT2D eigenvalue weighted by Crippen LogP contribution is -2.48. The Morgan fingerprint density at radius 2 is 1.85 bits per heavy atom. The fourth-order valence-electron chi connectivity index (χ4n) is 4.95. The van der Waals surface area contributed by atoms with E-state index in [1.165, 1.54) is 12.8 Å². The average Bonchev–Trinajstić information content (AvgIpc) is 3.14. The van der Waals surface area contributed by atoms with E-state index in [9.17, 15) is 4.79 Å². The summed E-state index contributed by atoms with van der Waals surface area (Å²) in [5.74, 6) is 3.41. The topological polar surface area (TPSA) is 72.3 Å². The van der Waals surface area contributed by atoms with Gasteiger partial charge in [0, 0.05) is 51.7 Å². The number of hydrogen-bond donors (Lipinski definition) is 1. The van der Waals surface area contributed by atoms with E-state index in [0.29, 0.717) is 17.9 Å². The van der Waals surface area contributed by atoms with Crippen LogP contribution in [0.5, 0.6) is 0 Å². The lowest BCUT2D eigenvalue weighted by atomic mass is 9.86. The van der Waals surface area contributed by atoms with Crippen LogP contribution in [-0.4, -0.2) is 58.5 Å². The summed E-state index contributed by atoms with van der Waals surface area (Å²) in [4.78, 5) is 14.6. The first-order valence-electron chi connectivity index (χ1n) is 10.7. The fraction of sp³-hybridized carbons (Fsp3) is 0.850. The quantitative estimate of drug-likeness (QED) is 0.878. The normalized spacial score (nSPS) is 26.6. The van der Waals surface area contributed by atoms with Gasteiger partial charge in [0.15, 0.2) is 0 Å². The molecule has 0 radical (unpaired) electrons. The summed E-state index contributed by atoms with van der Waals surface area (Å²) in [5.41, 5.74) is 0. The van der Waals surface area contributed by atoms with Crippen molar-refractivity contribution < 1.29 is 9.53 Å². The van der Waals surface area contributed by atoms with Gasteiger partial charge in [-0.1, -0.05) is 0 Å². The minimum absolute atomic E-state index is 0.118. The molecular formula is C20H33N5O2. The number of nitrogens with zero attached hydrogens (tertiary/aromatic N) is 4. The van der Waals surface area contributed by atoms with Crippen LogP contribution in [0.4, 0.5) is 4.79 Å². The minimum atomic E-state index is 0.118. The maximum absolute atomic E-state index is 12.7. The molecule has 7 heteroatoms. The molecule has 1 aliphatic carbocycles. The van der Waals surface area contributed by atoms with Gasteiger partial charge < -0.3 is 19.5 Å². The van der Waals surface area contributed by atoms with Gasteiger partial charge in [0.05, 0.1) is 0 Å². The number of carbonyl (C=O) groups is 1. The Balaban J connectivity index is 1.24. The third-order valence-electron chi connectivity index (χ3n) is 6.61. The zero-order chi connectivity index (χ0) is 18.6. The molecule has 150 valence electrons. The Bertz CT molecular complexity index is 630. The van der Waals surface area contributed by atoms with Gasteiger partial charge in [-0.2, -0.15) is 0 Å². The second kappa shape index (κ2) is 8.59. The highest BCUT2D eigenvalue weighted by atomic mass is 16.5. The van der Waals surface area contributed by atoms with Crippen LogP contribution in [0.2, 0.25) is 0 Å². The fourth-order valence-corrected chi connectivity index (χ4v) is 4.95. The Kier molecular flexibility index (Phi) is 5.95. The number of methoxy groups -OCH3 is 1. The number of ether oxygens (including phenoxy) is 1. The van der Waals surface area contributed by atoms with E-state index < -0.39 is 0 Å². The van der Waals surface area contributed by atoms with Crippen molar-refractivity contribution in [3.8, 4) is 0 Å². The van der Waals surface area contributed by atoms with E-state index in [2.05, 4.69) is 20.1 Å². The number of fused-ring (bicyclic) bond motifs is 1. The number of amides is 2. The van der Waals surface area contributed by atoms with Gasteiger partial charge in [0.1, 0.15) is 11.6 Å². The molecule has 1 aromatic heterocycles. The van der Waals surface area contributed by atoms with Crippen LogP contribution in [0.3, 0.4) is 0 Å². The van der Waals surface area contributed by atoms with Gasteiger partial charge in [-0.3, -0.25) is 0 Å². The second-order valence-corrected chi connectivity index (χ2v) is 8.47. The zero-order valence-corrected chi connectivity index (χ0v) is 16.5. The summed E-state index contributed by atoms with van der Waals surface area (Å²) >= 11 is 0. The molecule has 1 aromatic rings. The molecular weight excluding hydrogens is 342 g/mol.